The predicted molar refractivity (Wildman–Crippen MR) is 122 cm³/mol. The van der Waals surface area contributed by atoms with Crippen LogP contribution in [-0.4, -0.2) is 31.9 Å². The zero-order valence-electron chi connectivity index (χ0n) is 18.1. The van der Waals surface area contributed by atoms with Crippen LogP contribution in [0.15, 0.2) is 69.6 Å². The number of nitrogens with zero attached hydrogens (tertiary/aromatic N) is 2. The van der Waals surface area contributed by atoms with Crippen LogP contribution in [0.4, 0.5) is 0 Å². The number of hydrogen-bond donors (Lipinski definition) is 0. The number of fused-ring (bicyclic) bond motifs is 1. The first-order valence-corrected chi connectivity index (χ1v) is 10.7. The molecule has 2 heterocycles. The normalized spacial score (nSPS) is 15.8. The number of thiazole rings is 1. The summed E-state index contributed by atoms with van der Waals surface area (Å²) in [6.45, 7) is 1.76. The molecule has 0 N–H and O–H groups in total. The maximum atomic E-state index is 13.5. The molecule has 0 radical (unpaired) electrons. The molecule has 0 saturated carbocycles. The Morgan fingerprint density at radius 1 is 1.09 bits per heavy atom. The van der Waals surface area contributed by atoms with Gasteiger partial charge < -0.3 is 14.2 Å². The zero-order chi connectivity index (χ0) is 22.8. The summed E-state index contributed by atoms with van der Waals surface area (Å²) in [5.74, 6) is 0.732. The maximum absolute atomic E-state index is 13.5. The number of ether oxygens (including phenoxy) is 3. The molecule has 2 aromatic carbocycles. The topological polar surface area (TPSA) is 79.1 Å². The lowest BCUT2D eigenvalue weighted by atomic mass is 9.96. The molecular formula is C24H22N2O5S. The first kappa shape index (κ1) is 21.6. The average molecular weight is 451 g/mol. The molecule has 1 aromatic heterocycles. The minimum atomic E-state index is -0.625. The lowest BCUT2D eigenvalue weighted by molar-refractivity contribution is -0.136. The van der Waals surface area contributed by atoms with Gasteiger partial charge in [-0.3, -0.25) is 9.36 Å². The van der Waals surface area contributed by atoms with Gasteiger partial charge in [0.05, 0.1) is 43.2 Å². The second-order valence-electron chi connectivity index (χ2n) is 7.09. The van der Waals surface area contributed by atoms with Gasteiger partial charge in [-0.1, -0.05) is 41.7 Å². The Morgan fingerprint density at radius 3 is 2.50 bits per heavy atom. The third kappa shape index (κ3) is 3.73. The van der Waals surface area contributed by atoms with E-state index in [1.54, 1.807) is 43.9 Å². The minimum absolute atomic E-state index is 0.241. The van der Waals surface area contributed by atoms with Gasteiger partial charge in [-0.15, -0.1) is 0 Å². The molecule has 8 heteroatoms. The zero-order valence-corrected chi connectivity index (χ0v) is 18.9. The summed E-state index contributed by atoms with van der Waals surface area (Å²) in [5.41, 5.74) is 2.17. The van der Waals surface area contributed by atoms with Crippen molar-refractivity contribution < 1.29 is 19.0 Å². The lowest BCUT2D eigenvalue weighted by Crippen LogP contribution is -2.39. The van der Waals surface area contributed by atoms with Crippen LogP contribution in [-0.2, 0) is 9.53 Å². The quantitative estimate of drug-likeness (QED) is 0.558. The van der Waals surface area contributed by atoms with Gasteiger partial charge in [0.15, 0.2) is 4.80 Å². The monoisotopic (exact) mass is 450 g/mol. The standard InChI is InChI=1S/C24H22N2O5S/c1-14-20(23(28)31-4)21(15-8-6-5-7-9-15)26-22(27)19(32-24(26)25-14)12-16-10-11-17(29-2)13-18(16)30-3/h5-13,21H,1-4H3. The van der Waals surface area contributed by atoms with Crippen LogP contribution in [0.5, 0.6) is 11.5 Å². The van der Waals surface area contributed by atoms with E-state index in [2.05, 4.69) is 4.99 Å². The SMILES string of the molecule is COC(=O)C1=C(C)N=c2sc(=Cc3ccc(OC)cc3OC)c(=O)n2C1c1ccccc1. The van der Waals surface area contributed by atoms with Crippen LogP contribution in [0.3, 0.4) is 0 Å². The number of benzene rings is 2. The Labute approximate surface area is 188 Å². The van der Waals surface area contributed by atoms with E-state index in [1.165, 1.54) is 18.4 Å². The average Bonchev–Trinajstić information content (AvgIpc) is 3.12. The van der Waals surface area contributed by atoms with Gasteiger partial charge in [-0.25, -0.2) is 9.79 Å². The van der Waals surface area contributed by atoms with Gasteiger partial charge in [-0.05, 0) is 30.7 Å². The molecule has 1 aliphatic heterocycles. The molecule has 3 aromatic rings. The summed E-state index contributed by atoms with van der Waals surface area (Å²) in [6.07, 6.45) is 1.77. The maximum Gasteiger partial charge on any atom is 0.338 e. The van der Waals surface area contributed by atoms with Crippen LogP contribution in [0, 0.1) is 0 Å². The molecular weight excluding hydrogens is 428 g/mol. The van der Waals surface area contributed by atoms with Crippen molar-refractivity contribution in [3.8, 4) is 11.5 Å². The van der Waals surface area contributed by atoms with E-state index in [9.17, 15) is 9.59 Å². The molecule has 0 amide bonds. The summed E-state index contributed by atoms with van der Waals surface area (Å²) in [7, 11) is 4.47. The summed E-state index contributed by atoms with van der Waals surface area (Å²) < 4.78 is 17.8. The number of carbonyl (C=O) groups excluding carboxylic acids is 1. The Balaban J connectivity index is 1.96. The van der Waals surface area contributed by atoms with Crippen molar-refractivity contribution in [3.05, 3.63) is 90.6 Å². The lowest BCUT2D eigenvalue weighted by Gasteiger charge is -2.24. The number of rotatable bonds is 5. The molecule has 0 spiro atoms. The predicted octanol–water partition coefficient (Wildman–Crippen LogP) is 2.43. The molecule has 7 nitrogen and oxygen atoms in total. The highest BCUT2D eigenvalue weighted by molar-refractivity contribution is 7.07. The summed E-state index contributed by atoms with van der Waals surface area (Å²) in [6, 6.07) is 14.2. The van der Waals surface area contributed by atoms with Gasteiger partial charge in [0, 0.05) is 11.6 Å². The summed E-state index contributed by atoms with van der Waals surface area (Å²) in [4.78, 5) is 31.2. The summed E-state index contributed by atoms with van der Waals surface area (Å²) in [5, 5.41) is 0. The van der Waals surface area contributed by atoms with Crippen LogP contribution in [0.2, 0.25) is 0 Å². The van der Waals surface area contributed by atoms with Crippen LogP contribution >= 0.6 is 11.3 Å². The second kappa shape index (κ2) is 8.84. The van der Waals surface area contributed by atoms with Crippen LogP contribution in [0.1, 0.15) is 24.1 Å². The number of esters is 1. The van der Waals surface area contributed by atoms with Crippen molar-refractivity contribution in [2.45, 2.75) is 13.0 Å². The van der Waals surface area contributed by atoms with Crippen molar-refractivity contribution in [3.63, 3.8) is 0 Å². The molecule has 0 aliphatic carbocycles. The first-order valence-electron chi connectivity index (χ1n) is 9.86. The van der Waals surface area contributed by atoms with E-state index >= 15 is 0 Å². The van der Waals surface area contributed by atoms with E-state index in [4.69, 9.17) is 14.2 Å². The van der Waals surface area contributed by atoms with Crippen LogP contribution < -0.4 is 24.4 Å². The highest BCUT2D eigenvalue weighted by Gasteiger charge is 2.32. The fraction of sp³-hybridized carbons (Fsp3) is 0.208. The van der Waals surface area contributed by atoms with Crippen molar-refractivity contribution in [2.24, 2.45) is 4.99 Å². The number of aromatic nitrogens is 1. The Hall–Kier alpha value is -3.65. The van der Waals surface area contributed by atoms with E-state index in [1.807, 2.05) is 36.4 Å². The number of hydrogen-bond acceptors (Lipinski definition) is 7. The molecule has 1 aliphatic rings. The van der Waals surface area contributed by atoms with Crippen molar-refractivity contribution >= 4 is 23.4 Å². The molecule has 1 unspecified atom stereocenters. The Kier molecular flexibility index (Phi) is 5.96. The van der Waals surface area contributed by atoms with Crippen molar-refractivity contribution in [1.82, 2.24) is 4.57 Å². The number of methoxy groups -OCH3 is 3. The van der Waals surface area contributed by atoms with E-state index < -0.39 is 12.0 Å². The largest absolute Gasteiger partial charge is 0.497 e. The van der Waals surface area contributed by atoms with Crippen molar-refractivity contribution in [2.75, 3.05) is 21.3 Å². The van der Waals surface area contributed by atoms with Gasteiger partial charge in [-0.2, -0.15) is 0 Å². The molecule has 0 bridgehead atoms. The fourth-order valence-corrected chi connectivity index (χ4v) is 4.76. The first-order chi connectivity index (χ1) is 15.5. The van der Waals surface area contributed by atoms with E-state index in [0.717, 1.165) is 11.1 Å². The molecule has 0 fully saturated rings. The van der Waals surface area contributed by atoms with Gasteiger partial charge in [0.2, 0.25) is 0 Å². The highest BCUT2D eigenvalue weighted by Crippen LogP contribution is 2.30. The van der Waals surface area contributed by atoms with Crippen molar-refractivity contribution in [1.29, 1.82) is 0 Å². The minimum Gasteiger partial charge on any atom is -0.497 e. The van der Waals surface area contributed by atoms with Gasteiger partial charge >= 0.3 is 5.97 Å². The molecule has 1 atom stereocenters. The van der Waals surface area contributed by atoms with E-state index in [0.29, 0.717) is 32.1 Å². The Bertz CT molecular complexity index is 1390. The molecule has 32 heavy (non-hydrogen) atoms. The molecule has 0 saturated heterocycles. The smallest absolute Gasteiger partial charge is 0.338 e. The second-order valence-corrected chi connectivity index (χ2v) is 8.10. The molecule has 4 rings (SSSR count). The third-order valence-electron chi connectivity index (χ3n) is 5.27. The van der Waals surface area contributed by atoms with E-state index in [-0.39, 0.29) is 5.56 Å². The fourth-order valence-electron chi connectivity index (χ4n) is 3.72. The molecule has 164 valence electrons. The number of allylic oxidation sites excluding steroid dienone is 1. The van der Waals surface area contributed by atoms with Gasteiger partial charge in [0.1, 0.15) is 11.5 Å². The third-order valence-corrected chi connectivity index (χ3v) is 6.25. The Morgan fingerprint density at radius 2 is 1.84 bits per heavy atom. The highest BCUT2D eigenvalue weighted by atomic mass is 32.1. The van der Waals surface area contributed by atoms with Gasteiger partial charge in [0.25, 0.3) is 5.56 Å². The summed E-state index contributed by atoms with van der Waals surface area (Å²) >= 11 is 1.26. The van der Waals surface area contributed by atoms with Crippen LogP contribution in [0.25, 0.3) is 6.08 Å². The number of carbonyl (C=O) groups is 1.